The molecule has 1 aromatic heterocycles. The molecule has 0 amide bonds. The summed E-state index contributed by atoms with van der Waals surface area (Å²) < 4.78 is 39.3. The third-order valence-corrected chi connectivity index (χ3v) is 1.41. The SMILES string of the molecule is NCc1cnc(COCC(F)(F)F)[nH]1. The van der Waals surface area contributed by atoms with Crippen LogP contribution in [0.1, 0.15) is 11.5 Å². The summed E-state index contributed by atoms with van der Waals surface area (Å²) in [7, 11) is 0. The molecule has 0 bridgehead atoms. The first-order valence-corrected chi connectivity index (χ1v) is 3.88. The third kappa shape index (κ3) is 3.75. The highest BCUT2D eigenvalue weighted by Crippen LogP contribution is 2.15. The first kappa shape index (κ1) is 11.0. The average molecular weight is 209 g/mol. The van der Waals surface area contributed by atoms with Gasteiger partial charge in [-0.05, 0) is 0 Å². The molecule has 0 aliphatic rings. The third-order valence-electron chi connectivity index (χ3n) is 1.41. The van der Waals surface area contributed by atoms with E-state index in [1.54, 1.807) is 0 Å². The maximum atomic E-state index is 11.7. The fourth-order valence-electron chi connectivity index (χ4n) is 0.846. The van der Waals surface area contributed by atoms with Crippen LogP contribution in [0.15, 0.2) is 6.20 Å². The number of halogens is 3. The minimum atomic E-state index is -4.30. The predicted octanol–water partition coefficient (Wildman–Crippen LogP) is 0.947. The zero-order valence-electron chi connectivity index (χ0n) is 7.27. The molecule has 80 valence electrons. The van der Waals surface area contributed by atoms with Gasteiger partial charge >= 0.3 is 6.18 Å². The van der Waals surface area contributed by atoms with E-state index in [-0.39, 0.29) is 13.2 Å². The molecule has 0 atom stereocenters. The maximum Gasteiger partial charge on any atom is 0.411 e. The zero-order valence-corrected chi connectivity index (χ0v) is 7.27. The molecule has 14 heavy (non-hydrogen) atoms. The summed E-state index contributed by atoms with van der Waals surface area (Å²) in [4.78, 5) is 6.50. The second kappa shape index (κ2) is 4.43. The van der Waals surface area contributed by atoms with E-state index in [1.807, 2.05) is 0 Å². The standard InChI is InChI=1S/C7H10F3N3O/c8-7(9,10)4-14-3-6-12-2-5(1-11)13-6/h2H,1,3-4,11H2,(H,12,13). The van der Waals surface area contributed by atoms with Crippen molar-refractivity contribution < 1.29 is 17.9 Å². The van der Waals surface area contributed by atoms with Crippen molar-refractivity contribution in [3.63, 3.8) is 0 Å². The lowest BCUT2D eigenvalue weighted by molar-refractivity contribution is -0.177. The first-order valence-electron chi connectivity index (χ1n) is 3.88. The lowest BCUT2D eigenvalue weighted by Gasteiger charge is -2.05. The van der Waals surface area contributed by atoms with Crippen LogP contribution in [-0.2, 0) is 17.9 Å². The Labute approximate surface area is 78.3 Å². The molecule has 0 radical (unpaired) electrons. The van der Waals surface area contributed by atoms with Crippen LogP contribution in [-0.4, -0.2) is 22.8 Å². The van der Waals surface area contributed by atoms with Gasteiger partial charge in [-0.15, -0.1) is 0 Å². The van der Waals surface area contributed by atoms with Gasteiger partial charge in [0.1, 0.15) is 19.0 Å². The van der Waals surface area contributed by atoms with E-state index in [9.17, 15) is 13.2 Å². The smallest absolute Gasteiger partial charge is 0.364 e. The van der Waals surface area contributed by atoms with Crippen LogP contribution in [0.5, 0.6) is 0 Å². The zero-order chi connectivity index (χ0) is 10.6. The number of imidazole rings is 1. The monoisotopic (exact) mass is 209 g/mol. The van der Waals surface area contributed by atoms with E-state index < -0.39 is 12.8 Å². The molecule has 0 unspecified atom stereocenters. The summed E-state index contributed by atoms with van der Waals surface area (Å²) in [5.41, 5.74) is 5.93. The number of nitrogens with one attached hydrogen (secondary N) is 1. The number of rotatable bonds is 4. The van der Waals surface area contributed by atoms with Crippen LogP contribution in [0.3, 0.4) is 0 Å². The topological polar surface area (TPSA) is 63.9 Å². The highest BCUT2D eigenvalue weighted by Gasteiger charge is 2.27. The van der Waals surface area contributed by atoms with Gasteiger partial charge in [0.15, 0.2) is 0 Å². The minimum Gasteiger partial charge on any atom is -0.364 e. The van der Waals surface area contributed by atoms with E-state index in [0.717, 1.165) is 0 Å². The Morgan fingerprint density at radius 3 is 2.71 bits per heavy atom. The van der Waals surface area contributed by atoms with E-state index >= 15 is 0 Å². The average Bonchev–Trinajstić information content (AvgIpc) is 2.50. The Morgan fingerprint density at radius 1 is 1.50 bits per heavy atom. The van der Waals surface area contributed by atoms with Crippen molar-refractivity contribution in [2.75, 3.05) is 6.61 Å². The summed E-state index contributed by atoms with van der Waals surface area (Å²) in [6, 6.07) is 0. The number of alkyl halides is 3. The molecule has 0 fully saturated rings. The first-order chi connectivity index (χ1) is 6.51. The maximum absolute atomic E-state index is 11.7. The molecule has 0 saturated carbocycles. The van der Waals surface area contributed by atoms with Crippen LogP contribution in [0.2, 0.25) is 0 Å². The molecule has 0 aliphatic heterocycles. The van der Waals surface area contributed by atoms with E-state index in [4.69, 9.17) is 5.73 Å². The molecule has 3 N–H and O–H groups in total. The highest BCUT2D eigenvalue weighted by molar-refractivity contribution is 4.99. The van der Waals surface area contributed by atoms with E-state index in [0.29, 0.717) is 11.5 Å². The van der Waals surface area contributed by atoms with E-state index in [1.165, 1.54) is 6.20 Å². The van der Waals surface area contributed by atoms with Gasteiger partial charge in [-0.3, -0.25) is 0 Å². The summed E-state index contributed by atoms with van der Waals surface area (Å²) in [6.07, 6.45) is -2.84. The Hall–Kier alpha value is -1.08. The minimum absolute atomic E-state index is 0.195. The van der Waals surface area contributed by atoms with Gasteiger partial charge in [-0.2, -0.15) is 13.2 Å². The molecular formula is C7H10F3N3O. The van der Waals surface area contributed by atoms with Crippen molar-refractivity contribution >= 4 is 0 Å². The Balaban J connectivity index is 2.31. The number of hydrogen-bond donors (Lipinski definition) is 2. The molecule has 1 aromatic rings. The highest BCUT2D eigenvalue weighted by atomic mass is 19.4. The molecule has 0 aromatic carbocycles. The molecule has 0 spiro atoms. The van der Waals surface area contributed by atoms with Crippen LogP contribution in [0.4, 0.5) is 13.2 Å². The molecule has 1 rings (SSSR count). The van der Waals surface area contributed by atoms with Crippen LogP contribution in [0.25, 0.3) is 0 Å². The van der Waals surface area contributed by atoms with Gasteiger partial charge < -0.3 is 15.5 Å². The van der Waals surface area contributed by atoms with Crippen LogP contribution < -0.4 is 5.73 Å². The second-order valence-corrected chi connectivity index (χ2v) is 2.67. The number of hydrogen-bond acceptors (Lipinski definition) is 3. The Morgan fingerprint density at radius 2 is 2.21 bits per heavy atom. The second-order valence-electron chi connectivity index (χ2n) is 2.67. The van der Waals surface area contributed by atoms with Crippen molar-refractivity contribution in [3.8, 4) is 0 Å². The summed E-state index contributed by atoms with van der Waals surface area (Å²) in [5.74, 6) is 0.342. The fourth-order valence-corrected chi connectivity index (χ4v) is 0.846. The molecular weight excluding hydrogens is 199 g/mol. The van der Waals surface area contributed by atoms with Gasteiger partial charge in [0.05, 0.1) is 0 Å². The fraction of sp³-hybridized carbons (Fsp3) is 0.571. The molecule has 7 heteroatoms. The number of ether oxygens (including phenoxy) is 1. The van der Waals surface area contributed by atoms with E-state index in [2.05, 4.69) is 14.7 Å². The Bertz CT molecular complexity index is 284. The van der Waals surface area contributed by atoms with Gasteiger partial charge in [0, 0.05) is 18.4 Å². The lowest BCUT2D eigenvalue weighted by Crippen LogP contribution is -2.17. The number of nitrogens with two attached hydrogens (primary N) is 1. The van der Waals surface area contributed by atoms with Crippen LogP contribution >= 0.6 is 0 Å². The quantitative estimate of drug-likeness (QED) is 0.775. The predicted molar refractivity (Wildman–Crippen MR) is 42.2 cm³/mol. The molecule has 0 aliphatic carbocycles. The van der Waals surface area contributed by atoms with Crippen molar-refractivity contribution in [2.24, 2.45) is 5.73 Å². The molecule has 0 saturated heterocycles. The largest absolute Gasteiger partial charge is 0.411 e. The van der Waals surface area contributed by atoms with Gasteiger partial charge in [-0.25, -0.2) is 4.98 Å². The van der Waals surface area contributed by atoms with Crippen LogP contribution in [0, 0.1) is 0 Å². The summed E-state index contributed by atoms with van der Waals surface area (Å²) in [6.45, 7) is -1.20. The van der Waals surface area contributed by atoms with Gasteiger partial charge in [0.25, 0.3) is 0 Å². The number of H-pyrrole nitrogens is 1. The molecule has 4 nitrogen and oxygen atoms in total. The molecule has 1 heterocycles. The van der Waals surface area contributed by atoms with Crippen molar-refractivity contribution in [2.45, 2.75) is 19.3 Å². The van der Waals surface area contributed by atoms with Gasteiger partial charge in [0.2, 0.25) is 0 Å². The Kier molecular flexibility index (Phi) is 3.48. The lowest BCUT2D eigenvalue weighted by atomic mass is 10.5. The van der Waals surface area contributed by atoms with Crippen molar-refractivity contribution in [1.82, 2.24) is 9.97 Å². The summed E-state index contributed by atoms with van der Waals surface area (Å²) >= 11 is 0. The van der Waals surface area contributed by atoms with Gasteiger partial charge in [-0.1, -0.05) is 0 Å². The summed E-state index contributed by atoms with van der Waals surface area (Å²) in [5, 5.41) is 0. The normalized spacial score (nSPS) is 12.0. The van der Waals surface area contributed by atoms with Crippen molar-refractivity contribution in [3.05, 3.63) is 17.7 Å². The number of aromatic nitrogens is 2. The number of aromatic amines is 1. The van der Waals surface area contributed by atoms with Crippen molar-refractivity contribution in [1.29, 1.82) is 0 Å². The number of nitrogens with zero attached hydrogens (tertiary/aromatic N) is 1.